The Labute approximate surface area is 134 Å². The van der Waals surface area contributed by atoms with E-state index in [-0.39, 0.29) is 6.10 Å². The molecule has 2 N–H and O–H groups in total. The molecule has 2 heterocycles. The molecule has 118 valence electrons. The van der Waals surface area contributed by atoms with Gasteiger partial charge in [0, 0.05) is 26.2 Å². The third kappa shape index (κ3) is 4.79. The van der Waals surface area contributed by atoms with E-state index >= 15 is 0 Å². The summed E-state index contributed by atoms with van der Waals surface area (Å²) >= 11 is 3.56. The molecule has 0 aromatic carbocycles. The average Bonchev–Trinajstić information content (AvgIpc) is 2.53. The van der Waals surface area contributed by atoms with Crippen LogP contribution in [0.25, 0.3) is 0 Å². The predicted octanol–water partition coefficient (Wildman–Crippen LogP) is 2.19. The summed E-state index contributed by atoms with van der Waals surface area (Å²) in [5.41, 5.74) is 0. The number of hydrogen-bond acceptors (Lipinski definition) is 6. The SMILES string of the molecule is CCCNc1ncnc(NCC2CN(CC)CCO2)c1Br. The summed E-state index contributed by atoms with van der Waals surface area (Å²) < 4.78 is 6.66. The van der Waals surface area contributed by atoms with Gasteiger partial charge in [-0.3, -0.25) is 4.90 Å². The normalized spacial score (nSPS) is 19.5. The van der Waals surface area contributed by atoms with E-state index in [1.54, 1.807) is 6.33 Å². The largest absolute Gasteiger partial charge is 0.374 e. The second-order valence-electron chi connectivity index (χ2n) is 5.08. The molecular weight excluding hydrogens is 334 g/mol. The molecule has 1 aliphatic heterocycles. The number of rotatable bonds is 7. The zero-order chi connectivity index (χ0) is 15.1. The van der Waals surface area contributed by atoms with Crippen LogP contribution < -0.4 is 10.6 Å². The number of halogens is 1. The van der Waals surface area contributed by atoms with Crippen molar-refractivity contribution in [1.82, 2.24) is 14.9 Å². The van der Waals surface area contributed by atoms with Gasteiger partial charge in [0.2, 0.25) is 0 Å². The molecule has 1 unspecified atom stereocenters. The molecule has 2 rings (SSSR count). The van der Waals surface area contributed by atoms with Crippen LogP contribution in [-0.2, 0) is 4.74 Å². The highest BCUT2D eigenvalue weighted by molar-refractivity contribution is 9.10. The van der Waals surface area contributed by atoms with Crippen molar-refractivity contribution in [1.29, 1.82) is 0 Å². The first-order chi connectivity index (χ1) is 10.2. The van der Waals surface area contributed by atoms with E-state index in [2.05, 4.69) is 55.3 Å². The molecule has 1 aliphatic rings. The highest BCUT2D eigenvalue weighted by Gasteiger charge is 2.19. The Hall–Kier alpha value is -0.920. The van der Waals surface area contributed by atoms with E-state index in [0.717, 1.165) is 61.9 Å². The molecule has 1 aromatic heterocycles. The zero-order valence-electron chi connectivity index (χ0n) is 12.7. The van der Waals surface area contributed by atoms with E-state index in [0.29, 0.717) is 0 Å². The van der Waals surface area contributed by atoms with Gasteiger partial charge in [-0.25, -0.2) is 9.97 Å². The van der Waals surface area contributed by atoms with Crippen molar-refractivity contribution in [2.75, 3.05) is 50.0 Å². The molecule has 21 heavy (non-hydrogen) atoms. The molecule has 0 spiro atoms. The maximum Gasteiger partial charge on any atom is 0.146 e. The molecule has 7 heteroatoms. The summed E-state index contributed by atoms with van der Waals surface area (Å²) in [5.74, 6) is 1.63. The van der Waals surface area contributed by atoms with Crippen molar-refractivity contribution in [3.8, 4) is 0 Å². The maximum atomic E-state index is 5.79. The van der Waals surface area contributed by atoms with Crippen LogP contribution in [0.2, 0.25) is 0 Å². The Balaban J connectivity index is 1.90. The van der Waals surface area contributed by atoms with Crippen LogP contribution in [0, 0.1) is 0 Å². The minimum Gasteiger partial charge on any atom is -0.374 e. The van der Waals surface area contributed by atoms with Crippen LogP contribution >= 0.6 is 15.9 Å². The molecule has 0 saturated carbocycles. The third-order valence-corrected chi connectivity index (χ3v) is 4.25. The predicted molar refractivity (Wildman–Crippen MR) is 88.9 cm³/mol. The molecule has 0 aliphatic carbocycles. The Kier molecular flexibility index (Phi) is 6.66. The monoisotopic (exact) mass is 357 g/mol. The van der Waals surface area contributed by atoms with Crippen molar-refractivity contribution >= 4 is 27.6 Å². The number of aromatic nitrogens is 2. The number of anilines is 2. The van der Waals surface area contributed by atoms with Gasteiger partial charge in [-0.2, -0.15) is 0 Å². The first-order valence-corrected chi connectivity index (χ1v) is 8.36. The van der Waals surface area contributed by atoms with Crippen molar-refractivity contribution in [2.45, 2.75) is 26.4 Å². The van der Waals surface area contributed by atoms with Crippen molar-refractivity contribution in [2.24, 2.45) is 0 Å². The van der Waals surface area contributed by atoms with Crippen molar-refractivity contribution in [3.63, 3.8) is 0 Å². The highest BCUT2D eigenvalue weighted by atomic mass is 79.9. The van der Waals surface area contributed by atoms with E-state index in [1.807, 2.05) is 0 Å². The number of hydrogen-bond donors (Lipinski definition) is 2. The molecule has 1 aromatic rings. The van der Waals surface area contributed by atoms with E-state index in [1.165, 1.54) is 0 Å². The lowest BCUT2D eigenvalue weighted by Gasteiger charge is -2.32. The minimum absolute atomic E-state index is 0.201. The van der Waals surface area contributed by atoms with E-state index in [4.69, 9.17) is 4.74 Å². The number of nitrogens with one attached hydrogen (secondary N) is 2. The maximum absolute atomic E-state index is 5.79. The first kappa shape index (κ1) is 16.5. The molecular formula is C14H24BrN5O. The average molecular weight is 358 g/mol. The van der Waals surface area contributed by atoms with Gasteiger partial charge in [0.15, 0.2) is 0 Å². The minimum atomic E-state index is 0.201. The van der Waals surface area contributed by atoms with E-state index in [9.17, 15) is 0 Å². The number of nitrogens with zero attached hydrogens (tertiary/aromatic N) is 3. The van der Waals surface area contributed by atoms with Crippen LogP contribution in [0.4, 0.5) is 11.6 Å². The van der Waals surface area contributed by atoms with Gasteiger partial charge in [0.05, 0.1) is 12.7 Å². The van der Waals surface area contributed by atoms with Crippen molar-refractivity contribution in [3.05, 3.63) is 10.8 Å². The fourth-order valence-corrected chi connectivity index (χ4v) is 2.75. The Bertz CT molecular complexity index is 445. The van der Waals surface area contributed by atoms with Crippen LogP contribution in [0.3, 0.4) is 0 Å². The van der Waals surface area contributed by atoms with Gasteiger partial charge in [0.25, 0.3) is 0 Å². The molecule has 1 saturated heterocycles. The lowest BCUT2D eigenvalue weighted by molar-refractivity contribution is -0.0192. The number of likely N-dealkylation sites (N-methyl/N-ethyl adjacent to an activating group) is 1. The Morgan fingerprint density at radius 1 is 1.33 bits per heavy atom. The lowest BCUT2D eigenvalue weighted by Crippen LogP contribution is -2.45. The van der Waals surface area contributed by atoms with Gasteiger partial charge in [-0.05, 0) is 28.9 Å². The smallest absolute Gasteiger partial charge is 0.146 e. The summed E-state index contributed by atoms with van der Waals surface area (Å²) in [5, 5.41) is 6.63. The quantitative estimate of drug-likeness (QED) is 0.779. The fraction of sp³-hybridized carbons (Fsp3) is 0.714. The fourth-order valence-electron chi connectivity index (χ4n) is 2.26. The van der Waals surface area contributed by atoms with Crippen molar-refractivity contribution < 1.29 is 4.74 Å². The molecule has 1 fully saturated rings. The molecule has 0 amide bonds. The van der Waals surface area contributed by atoms with Gasteiger partial charge >= 0.3 is 0 Å². The van der Waals surface area contributed by atoms with Crippen LogP contribution in [-0.4, -0.2) is 60.3 Å². The molecule has 0 bridgehead atoms. The topological polar surface area (TPSA) is 62.3 Å². The van der Waals surface area contributed by atoms with Crippen LogP contribution in [0.15, 0.2) is 10.8 Å². The zero-order valence-corrected chi connectivity index (χ0v) is 14.3. The second kappa shape index (κ2) is 8.51. The summed E-state index contributed by atoms with van der Waals surface area (Å²) in [6.45, 7) is 9.81. The standard InChI is InChI=1S/C14H24BrN5O/c1-3-5-16-13-12(15)14(19-10-18-13)17-8-11-9-20(4-2)6-7-21-11/h10-11H,3-9H2,1-2H3,(H2,16,17,18,19). The Morgan fingerprint density at radius 3 is 2.81 bits per heavy atom. The highest BCUT2D eigenvalue weighted by Crippen LogP contribution is 2.26. The summed E-state index contributed by atoms with van der Waals surface area (Å²) in [4.78, 5) is 10.9. The first-order valence-electron chi connectivity index (χ1n) is 7.56. The molecule has 1 atom stereocenters. The van der Waals surface area contributed by atoms with Gasteiger partial charge in [-0.15, -0.1) is 0 Å². The van der Waals surface area contributed by atoms with Gasteiger partial charge < -0.3 is 15.4 Å². The van der Waals surface area contributed by atoms with Gasteiger partial charge in [0.1, 0.15) is 22.4 Å². The van der Waals surface area contributed by atoms with Gasteiger partial charge in [-0.1, -0.05) is 13.8 Å². The van der Waals surface area contributed by atoms with Crippen LogP contribution in [0.5, 0.6) is 0 Å². The second-order valence-corrected chi connectivity index (χ2v) is 5.87. The lowest BCUT2D eigenvalue weighted by atomic mass is 10.2. The molecule has 6 nitrogen and oxygen atoms in total. The number of ether oxygens (including phenoxy) is 1. The van der Waals surface area contributed by atoms with Crippen LogP contribution in [0.1, 0.15) is 20.3 Å². The Morgan fingerprint density at radius 2 is 2.10 bits per heavy atom. The molecule has 0 radical (unpaired) electrons. The summed E-state index contributed by atoms with van der Waals surface area (Å²) in [6.07, 6.45) is 2.83. The summed E-state index contributed by atoms with van der Waals surface area (Å²) in [7, 11) is 0. The summed E-state index contributed by atoms with van der Waals surface area (Å²) in [6, 6.07) is 0. The van der Waals surface area contributed by atoms with E-state index < -0.39 is 0 Å². The number of morpholine rings is 1. The third-order valence-electron chi connectivity index (χ3n) is 3.50.